The Morgan fingerprint density at radius 2 is 1.62 bits per heavy atom. The van der Waals surface area contributed by atoms with Crippen molar-refractivity contribution in [3.8, 4) is 0 Å². The van der Waals surface area contributed by atoms with Crippen molar-refractivity contribution >= 4 is 21.4 Å². The predicted octanol–water partition coefficient (Wildman–Crippen LogP) is 0.439. The van der Waals surface area contributed by atoms with Crippen LogP contribution in [0.15, 0.2) is 0 Å². The number of nitrogens with two attached hydrogens (primary N) is 1. The van der Waals surface area contributed by atoms with E-state index < -0.39 is 8.80 Å². The fourth-order valence-electron chi connectivity index (χ4n) is 1.22. The molecule has 0 bridgehead atoms. The summed E-state index contributed by atoms with van der Waals surface area (Å²) < 4.78 is 15.7. The highest BCUT2D eigenvalue weighted by molar-refractivity contribution is 7.80. The highest BCUT2D eigenvalue weighted by Crippen LogP contribution is 2.15. The molecule has 0 radical (unpaired) electrons. The Labute approximate surface area is 86.5 Å². The second-order valence-corrected chi connectivity index (χ2v) is 6.96. The molecule has 0 saturated carbocycles. The normalized spacial score (nSPS) is 17.1. The lowest BCUT2D eigenvalue weighted by molar-refractivity contribution is 0.111. The first kappa shape index (κ1) is 13.4. The Hall–Kier alpha value is 0.407. The molecule has 2 unspecified atom stereocenters. The molecule has 6 heteroatoms. The Morgan fingerprint density at radius 3 is 1.85 bits per heavy atom. The van der Waals surface area contributed by atoms with Crippen LogP contribution >= 0.6 is 12.6 Å². The lowest BCUT2D eigenvalue weighted by Crippen LogP contribution is -2.59. The summed E-state index contributed by atoms with van der Waals surface area (Å²) in [7, 11) is 2.02. The predicted molar refractivity (Wildman–Crippen MR) is 57.8 cm³/mol. The molecule has 0 amide bonds. The monoisotopic (exact) mass is 225 g/mol. The maximum Gasteiger partial charge on any atom is 0.517 e. The molecule has 80 valence electrons. The van der Waals surface area contributed by atoms with Gasteiger partial charge >= 0.3 is 8.80 Å². The zero-order valence-electron chi connectivity index (χ0n) is 8.61. The molecule has 13 heavy (non-hydrogen) atoms. The van der Waals surface area contributed by atoms with Crippen molar-refractivity contribution in [3.05, 3.63) is 0 Å². The summed E-state index contributed by atoms with van der Waals surface area (Å²) in [6.45, 7) is 1.98. The van der Waals surface area contributed by atoms with Crippen LogP contribution in [0.2, 0.25) is 0 Å². The molecule has 0 aromatic carbocycles. The average molecular weight is 225 g/mol. The van der Waals surface area contributed by atoms with Crippen LogP contribution in [0.4, 0.5) is 0 Å². The zero-order valence-corrected chi connectivity index (χ0v) is 10.5. The lowest BCUT2D eigenvalue weighted by atomic mass is 10.3. The molecule has 0 aliphatic carbocycles. The van der Waals surface area contributed by atoms with Gasteiger partial charge in [0.2, 0.25) is 0 Å². The van der Waals surface area contributed by atoms with Gasteiger partial charge in [-0.1, -0.05) is 6.92 Å². The van der Waals surface area contributed by atoms with Crippen molar-refractivity contribution in [2.24, 2.45) is 5.73 Å². The fourth-order valence-corrected chi connectivity index (χ4v) is 3.69. The molecule has 2 atom stereocenters. The first-order chi connectivity index (χ1) is 6.02. The van der Waals surface area contributed by atoms with Gasteiger partial charge < -0.3 is 19.0 Å². The average Bonchev–Trinajstić information content (AvgIpc) is 2.07. The maximum atomic E-state index is 5.92. The molecule has 0 aliphatic rings. The first-order valence-electron chi connectivity index (χ1n) is 4.11. The standard InChI is InChI=1S/C7H19NO3SSi/c1-6(12)5-7(8)13(9-2,10-3)11-4/h6-7,12H,5,8H2,1-4H3. The van der Waals surface area contributed by atoms with E-state index in [2.05, 4.69) is 12.6 Å². The molecule has 0 aliphatic heterocycles. The van der Waals surface area contributed by atoms with Crippen LogP contribution in [0.3, 0.4) is 0 Å². The van der Waals surface area contributed by atoms with Crippen LogP contribution in [-0.4, -0.2) is 41.0 Å². The molecular formula is C7H19NO3SSi. The maximum absolute atomic E-state index is 5.92. The van der Waals surface area contributed by atoms with Crippen molar-refractivity contribution in [3.63, 3.8) is 0 Å². The van der Waals surface area contributed by atoms with Gasteiger partial charge in [-0.2, -0.15) is 12.6 Å². The molecule has 0 saturated heterocycles. The van der Waals surface area contributed by atoms with E-state index in [1.807, 2.05) is 6.92 Å². The van der Waals surface area contributed by atoms with Crippen molar-refractivity contribution in [1.29, 1.82) is 0 Å². The smallest absolute Gasteiger partial charge is 0.376 e. The van der Waals surface area contributed by atoms with Crippen molar-refractivity contribution in [2.75, 3.05) is 21.3 Å². The first-order valence-corrected chi connectivity index (χ1v) is 6.43. The molecule has 0 heterocycles. The summed E-state index contributed by atoms with van der Waals surface area (Å²) in [6.07, 6.45) is 0.713. The second-order valence-electron chi connectivity index (χ2n) is 2.91. The molecule has 2 N–H and O–H groups in total. The van der Waals surface area contributed by atoms with Gasteiger partial charge in [0.15, 0.2) is 0 Å². The Morgan fingerprint density at radius 1 is 1.23 bits per heavy atom. The molecule has 0 aromatic rings. The zero-order chi connectivity index (χ0) is 10.5. The van der Waals surface area contributed by atoms with E-state index in [-0.39, 0.29) is 10.9 Å². The minimum atomic E-state index is -2.65. The number of hydrogen-bond donors (Lipinski definition) is 2. The summed E-state index contributed by atoms with van der Waals surface area (Å²) in [5, 5.41) is 0.210. The largest absolute Gasteiger partial charge is 0.517 e. The molecular weight excluding hydrogens is 206 g/mol. The minimum absolute atomic E-state index is 0.210. The van der Waals surface area contributed by atoms with Gasteiger partial charge in [-0.15, -0.1) is 0 Å². The van der Waals surface area contributed by atoms with Gasteiger partial charge in [-0.3, -0.25) is 0 Å². The summed E-state index contributed by atoms with van der Waals surface area (Å²) in [5.41, 5.74) is 5.70. The van der Waals surface area contributed by atoms with Gasteiger partial charge in [-0.05, 0) is 6.42 Å². The molecule has 0 fully saturated rings. The van der Waals surface area contributed by atoms with Crippen LogP contribution < -0.4 is 5.73 Å². The summed E-state index contributed by atoms with van der Waals surface area (Å²) in [4.78, 5) is 0. The van der Waals surface area contributed by atoms with E-state index in [1.54, 1.807) is 21.3 Å². The molecule has 0 spiro atoms. The minimum Gasteiger partial charge on any atom is -0.376 e. The fraction of sp³-hybridized carbons (Fsp3) is 1.00. The van der Waals surface area contributed by atoms with Crippen molar-refractivity contribution in [2.45, 2.75) is 24.3 Å². The van der Waals surface area contributed by atoms with Crippen molar-refractivity contribution in [1.82, 2.24) is 0 Å². The van der Waals surface area contributed by atoms with E-state index in [4.69, 9.17) is 19.0 Å². The van der Waals surface area contributed by atoms with Crippen molar-refractivity contribution < 1.29 is 13.3 Å². The van der Waals surface area contributed by atoms with Gasteiger partial charge in [-0.25, -0.2) is 0 Å². The summed E-state index contributed by atoms with van der Waals surface area (Å²) in [5.74, 6) is 0. The SMILES string of the molecule is CO[Si](OC)(OC)C(N)CC(C)S. The number of thiol groups is 1. The van der Waals surface area contributed by atoms with E-state index in [0.29, 0.717) is 6.42 Å². The number of hydrogen-bond acceptors (Lipinski definition) is 5. The molecule has 0 rings (SSSR count). The quantitative estimate of drug-likeness (QED) is 0.509. The molecule has 4 nitrogen and oxygen atoms in total. The third-order valence-electron chi connectivity index (χ3n) is 1.90. The van der Waals surface area contributed by atoms with E-state index in [0.717, 1.165) is 0 Å². The van der Waals surface area contributed by atoms with E-state index in [9.17, 15) is 0 Å². The second kappa shape index (κ2) is 6.00. The van der Waals surface area contributed by atoms with Crippen LogP contribution in [0.5, 0.6) is 0 Å². The van der Waals surface area contributed by atoms with Crippen LogP contribution in [0.1, 0.15) is 13.3 Å². The van der Waals surface area contributed by atoms with Crippen LogP contribution in [0, 0.1) is 0 Å². The highest BCUT2D eigenvalue weighted by atomic mass is 32.1. The summed E-state index contributed by atoms with van der Waals surface area (Å²) >= 11 is 4.26. The highest BCUT2D eigenvalue weighted by Gasteiger charge is 2.45. The Kier molecular flexibility index (Phi) is 6.18. The van der Waals surface area contributed by atoms with Gasteiger partial charge in [0, 0.05) is 26.6 Å². The lowest BCUT2D eigenvalue weighted by Gasteiger charge is -2.30. The van der Waals surface area contributed by atoms with Crippen LogP contribution in [0.25, 0.3) is 0 Å². The van der Waals surface area contributed by atoms with Gasteiger partial charge in [0.05, 0.1) is 5.67 Å². The number of rotatable bonds is 6. The topological polar surface area (TPSA) is 53.7 Å². The van der Waals surface area contributed by atoms with E-state index >= 15 is 0 Å². The van der Waals surface area contributed by atoms with Crippen LogP contribution in [-0.2, 0) is 13.3 Å². The van der Waals surface area contributed by atoms with Gasteiger partial charge in [0.1, 0.15) is 0 Å². The van der Waals surface area contributed by atoms with Gasteiger partial charge in [0.25, 0.3) is 0 Å². The Bertz CT molecular complexity index is 135. The Balaban J connectivity index is 4.34. The summed E-state index contributed by atoms with van der Waals surface area (Å²) in [6, 6.07) is 0. The molecule has 0 aromatic heterocycles. The third kappa shape index (κ3) is 3.57. The van der Waals surface area contributed by atoms with E-state index in [1.165, 1.54) is 0 Å². The third-order valence-corrected chi connectivity index (χ3v) is 4.96.